The minimum atomic E-state index is 0.616. The number of nitrogens with one attached hydrogen (secondary N) is 1. The Bertz CT molecular complexity index is 453. The second kappa shape index (κ2) is 6.41. The SMILES string of the molecule is CN(C)c1ncnc(NCCC2=CCCCC2)c1N. The van der Waals surface area contributed by atoms with Crippen LogP contribution in [0.4, 0.5) is 17.3 Å². The summed E-state index contributed by atoms with van der Waals surface area (Å²) in [5, 5.41) is 3.31. The molecule has 1 aliphatic rings. The summed E-state index contributed by atoms with van der Waals surface area (Å²) in [6.07, 6.45) is 10.1. The normalized spacial score (nSPS) is 14.9. The molecular formula is C14H23N5. The maximum atomic E-state index is 6.06. The lowest BCUT2D eigenvalue weighted by molar-refractivity contribution is 0.679. The number of hydrogen-bond acceptors (Lipinski definition) is 5. The van der Waals surface area contributed by atoms with Crippen LogP contribution in [0, 0.1) is 0 Å². The number of hydrogen-bond donors (Lipinski definition) is 2. The molecular weight excluding hydrogens is 238 g/mol. The Morgan fingerprint density at radius 2 is 2.16 bits per heavy atom. The van der Waals surface area contributed by atoms with E-state index in [2.05, 4.69) is 21.4 Å². The molecule has 5 nitrogen and oxygen atoms in total. The molecule has 5 heteroatoms. The molecule has 0 atom stereocenters. The van der Waals surface area contributed by atoms with E-state index in [1.807, 2.05) is 19.0 Å². The fourth-order valence-corrected chi connectivity index (χ4v) is 2.36. The third kappa shape index (κ3) is 3.59. The highest BCUT2D eigenvalue weighted by atomic mass is 15.2. The first kappa shape index (κ1) is 13.6. The topological polar surface area (TPSA) is 67.1 Å². The largest absolute Gasteiger partial charge is 0.393 e. The number of nitrogen functional groups attached to an aromatic ring is 1. The van der Waals surface area contributed by atoms with Crippen LogP contribution in [0.5, 0.6) is 0 Å². The van der Waals surface area contributed by atoms with Crippen LogP contribution in [0.1, 0.15) is 32.1 Å². The zero-order valence-corrected chi connectivity index (χ0v) is 11.8. The zero-order valence-electron chi connectivity index (χ0n) is 11.8. The fraction of sp³-hybridized carbons (Fsp3) is 0.571. The molecule has 0 aliphatic heterocycles. The molecule has 1 heterocycles. The lowest BCUT2D eigenvalue weighted by atomic mass is 9.97. The highest BCUT2D eigenvalue weighted by Gasteiger charge is 2.09. The quantitative estimate of drug-likeness (QED) is 0.797. The van der Waals surface area contributed by atoms with Gasteiger partial charge < -0.3 is 16.0 Å². The first-order valence-corrected chi connectivity index (χ1v) is 6.88. The number of aromatic nitrogens is 2. The van der Waals surface area contributed by atoms with Crippen molar-refractivity contribution in [2.45, 2.75) is 32.1 Å². The minimum Gasteiger partial charge on any atom is -0.393 e. The summed E-state index contributed by atoms with van der Waals surface area (Å²) < 4.78 is 0. The van der Waals surface area contributed by atoms with Crippen LogP contribution < -0.4 is 16.0 Å². The highest BCUT2D eigenvalue weighted by Crippen LogP contribution is 2.25. The Kier molecular flexibility index (Phi) is 4.60. The Morgan fingerprint density at radius 1 is 1.32 bits per heavy atom. The number of nitrogens with two attached hydrogens (primary N) is 1. The van der Waals surface area contributed by atoms with E-state index in [0.717, 1.165) is 24.6 Å². The summed E-state index contributed by atoms with van der Waals surface area (Å²) in [6, 6.07) is 0. The third-order valence-corrected chi connectivity index (χ3v) is 3.41. The van der Waals surface area contributed by atoms with Gasteiger partial charge in [-0.3, -0.25) is 0 Å². The maximum Gasteiger partial charge on any atom is 0.156 e. The van der Waals surface area contributed by atoms with Crippen LogP contribution >= 0.6 is 0 Å². The Balaban J connectivity index is 1.92. The molecule has 0 bridgehead atoms. The van der Waals surface area contributed by atoms with Gasteiger partial charge in [-0.05, 0) is 32.1 Å². The molecule has 2 rings (SSSR count). The van der Waals surface area contributed by atoms with E-state index >= 15 is 0 Å². The van der Waals surface area contributed by atoms with Gasteiger partial charge in [-0.25, -0.2) is 9.97 Å². The minimum absolute atomic E-state index is 0.616. The Labute approximate surface area is 114 Å². The molecule has 0 amide bonds. The van der Waals surface area contributed by atoms with Gasteiger partial charge in [0.05, 0.1) is 0 Å². The van der Waals surface area contributed by atoms with E-state index in [0.29, 0.717) is 5.69 Å². The highest BCUT2D eigenvalue weighted by molar-refractivity contribution is 5.74. The molecule has 0 saturated heterocycles. The molecule has 0 fully saturated rings. The van der Waals surface area contributed by atoms with E-state index in [-0.39, 0.29) is 0 Å². The van der Waals surface area contributed by atoms with Crippen molar-refractivity contribution in [3.05, 3.63) is 18.0 Å². The zero-order chi connectivity index (χ0) is 13.7. The van der Waals surface area contributed by atoms with Crippen LogP contribution in [-0.2, 0) is 0 Å². The van der Waals surface area contributed by atoms with Crippen LogP contribution in [-0.4, -0.2) is 30.6 Å². The molecule has 0 unspecified atom stereocenters. The van der Waals surface area contributed by atoms with Gasteiger partial charge in [-0.15, -0.1) is 0 Å². The molecule has 0 radical (unpaired) electrons. The van der Waals surface area contributed by atoms with Gasteiger partial charge in [0.2, 0.25) is 0 Å². The average Bonchev–Trinajstić information content (AvgIpc) is 2.41. The monoisotopic (exact) mass is 261 g/mol. The second-order valence-electron chi connectivity index (χ2n) is 5.14. The van der Waals surface area contributed by atoms with Gasteiger partial charge in [0, 0.05) is 20.6 Å². The number of rotatable bonds is 5. The first-order chi connectivity index (χ1) is 9.18. The van der Waals surface area contributed by atoms with Crippen molar-refractivity contribution in [3.63, 3.8) is 0 Å². The van der Waals surface area contributed by atoms with Crippen LogP contribution in [0.2, 0.25) is 0 Å². The van der Waals surface area contributed by atoms with Gasteiger partial charge in [0.25, 0.3) is 0 Å². The molecule has 104 valence electrons. The predicted molar refractivity (Wildman–Crippen MR) is 80.4 cm³/mol. The van der Waals surface area contributed by atoms with Crippen molar-refractivity contribution in [1.29, 1.82) is 0 Å². The lowest BCUT2D eigenvalue weighted by Gasteiger charge is -2.17. The molecule has 0 aromatic carbocycles. The maximum absolute atomic E-state index is 6.06. The molecule has 0 spiro atoms. The molecule has 1 aromatic heterocycles. The summed E-state index contributed by atoms with van der Waals surface area (Å²) >= 11 is 0. The summed E-state index contributed by atoms with van der Waals surface area (Å²) in [6.45, 7) is 0.875. The van der Waals surface area contributed by atoms with Crippen LogP contribution in [0.15, 0.2) is 18.0 Å². The molecule has 19 heavy (non-hydrogen) atoms. The van der Waals surface area contributed by atoms with Crippen LogP contribution in [0.25, 0.3) is 0 Å². The Morgan fingerprint density at radius 3 is 2.84 bits per heavy atom. The molecule has 1 aromatic rings. The van der Waals surface area contributed by atoms with Gasteiger partial charge in [-0.2, -0.15) is 0 Å². The summed E-state index contributed by atoms with van der Waals surface area (Å²) in [5.41, 5.74) is 8.23. The molecule has 1 aliphatic carbocycles. The number of nitrogens with zero attached hydrogens (tertiary/aromatic N) is 3. The average molecular weight is 261 g/mol. The first-order valence-electron chi connectivity index (χ1n) is 6.88. The van der Waals surface area contributed by atoms with Crippen molar-refractivity contribution in [2.24, 2.45) is 0 Å². The van der Waals surface area contributed by atoms with Gasteiger partial charge in [0.15, 0.2) is 11.6 Å². The smallest absolute Gasteiger partial charge is 0.156 e. The van der Waals surface area contributed by atoms with Gasteiger partial charge in [0.1, 0.15) is 12.0 Å². The number of allylic oxidation sites excluding steroid dienone is 1. The fourth-order valence-electron chi connectivity index (χ4n) is 2.36. The molecule has 3 N–H and O–H groups in total. The van der Waals surface area contributed by atoms with Crippen molar-refractivity contribution < 1.29 is 0 Å². The third-order valence-electron chi connectivity index (χ3n) is 3.41. The van der Waals surface area contributed by atoms with Crippen molar-refractivity contribution in [2.75, 3.05) is 36.6 Å². The lowest BCUT2D eigenvalue weighted by Crippen LogP contribution is -2.16. The van der Waals surface area contributed by atoms with Gasteiger partial charge in [-0.1, -0.05) is 11.6 Å². The van der Waals surface area contributed by atoms with Crippen molar-refractivity contribution in [3.8, 4) is 0 Å². The van der Waals surface area contributed by atoms with Gasteiger partial charge >= 0.3 is 0 Å². The standard InChI is InChI=1S/C14H23N5/c1-19(2)14-12(15)13(17-10-18-14)16-9-8-11-6-4-3-5-7-11/h6,10H,3-5,7-9,15H2,1-2H3,(H,16,17,18). The molecule has 0 saturated carbocycles. The van der Waals surface area contributed by atoms with E-state index < -0.39 is 0 Å². The second-order valence-corrected chi connectivity index (χ2v) is 5.14. The number of anilines is 3. The van der Waals surface area contributed by atoms with Crippen molar-refractivity contribution >= 4 is 17.3 Å². The van der Waals surface area contributed by atoms with E-state index in [9.17, 15) is 0 Å². The Hall–Kier alpha value is -1.78. The summed E-state index contributed by atoms with van der Waals surface area (Å²) in [4.78, 5) is 10.3. The van der Waals surface area contributed by atoms with Crippen molar-refractivity contribution in [1.82, 2.24) is 9.97 Å². The van der Waals surface area contributed by atoms with E-state index in [1.54, 1.807) is 11.9 Å². The summed E-state index contributed by atoms with van der Waals surface area (Å²) in [5.74, 6) is 1.49. The predicted octanol–water partition coefficient (Wildman–Crippen LogP) is 2.43. The van der Waals surface area contributed by atoms with E-state index in [4.69, 9.17) is 5.73 Å². The van der Waals surface area contributed by atoms with Crippen LogP contribution in [0.3, 0.4) is 0 Å². The summed E-state index contributed by atoms with van der Waals surface area (Å²) in [7, 11) is 3.85. The van der Waals surface area contributed by atoms with E-state index in [1.165, 1.54) is 25.7 Å².